The van der Waals surface area contributed by atoms with Gasteiger partial charge in [0.05, 0.1) is 5.71 Å². The summed E-state index contributed by atoms with van der Waals surface area (Å²) in [4.78, 5) is 29.0. The van der Waals surface area contributed by atoms with Gasteiger partial charge in [0.15, 0.2) is 0 Å². The first kappa shape index (κ1) is 18.6. The molecule has 1 aromatic carbocycles. The summed E-state index contributed by atoms with van der Waals surface area (Å²) in [5.41, 5.74) is 2.29. The van der Waals surface area contributed by atoms with Crippen LogP contribution in [0.3, 0.4) is 0 Å². The van der Waals surface area contributed by atoms with E-state index in [9.17, 15) is 18.0 Å². The summed E-state index contributed by atoms with van der Waals surface area (Å²) < 4.78 is 26.4. The second-order valence-electron chi connectivity index (χ2n) is 5.78. The first-order valence-corrected chi connectivity index (χ1v) is 10.3. The highest BCUT2D eigenvalue weighted by Crippen LogP contribution is 2.27. The monoisotopic (exact) mass is 391 g/mol. The summed E-state index contributed by atoms with van der Waals surface area (Å²) in [6, 6.07) is 6.74. The fraction of sp³-hybridized carbons (Fsp3) is 0.235. The van der Waals surface area contributed by atoms with E-state index in [1.165, 1.54) is 17.8 Å². The molecule has 1 N–H and O–H groups in total. The van der Waals surface area contributed by atoms with Gasteiger partial charge in [-0.1, -0.05) is 29.8 Å². The molecule has 9 heteroatoms. The topological polar surface area (TPSA) is 95.9 Å². The minimum atomic E-state index is -3.68. The van der Waals surface area contributed by atoms with Crippen molar-refractivity contribution in [3.8, 4) is 0 Å². The Bertz CT molecular complexity index is 918. The molecule has 1 atom stereocenters. The molecule has 2 aliphatic rings. The maximum Gasteiger partial charge on any atom is 0.350 e. The van der Waals surface area contributed by atoms with Crippen molar-refractivity contribution in [2.45, 2.75) is 12.2 Å². The first-order valence-electron chi connectivity index (χ1n) is 7.86. The number of thioether (sulfide) groups is 1. The van der Waals surface area contributed by atoms with E-state index in [4.69, 9.17) is 0 Å². The lowest BCUT2D eigenvalue weighted by molar-refractivity contribution is -0.126. The number of urea groups is 1. The van der Waals surface area contributed by atoms with Crippen molar-refractivity contribution in [2.75, 3.05) is 13.1 Å². The molecule has 7 nitrogen and oxygen atoms in total. The van der Waals surface area contributed by atoms with Crippen LogP contribution in [0.4, 0.5) is 4.79 Å². The van der Waals surface area contributed by atoms with Crippen LogP contribution in [-0.2, 0) is 14.8 Å². The van der Waals surface area contributed by atoms with Crippen LogP contribution in [0.1, 0.15) is 11.1 Å². The number of aliphatic imine (C=N–C) groups is 1. The number of sulfonamides is 1. The zero-order chi connectivity index (χ0) is 18.7. The normalized spacial score (nSPS) is 20.0. The largest absolute Gasteiger partial charge is 0.350 e. The maximum absolute atomic E-state index is 12.3. The fourth-order valence-corrected chi connectivity index (χ4v) is 4.13. The molecule has 3 amide bonds. The summed E-state index contributed by atoms with van der Waals surface area (Å²) in [6.45, 7) is 1.80. The van der Waals surface area contributed by atoms with E-state index >= 15 is 0 Å². The summed E-state index contributed by atoms with van der Waals surface area (Å²) in [7, 11) is -3.68. The number of hydrogen-bond acceptors (Lipinski definition) is 5. The highest BCUT2D eigenvalue weighted by atomic mass is 32.2. The molecule has 0 radical (unpaired) electrons. The molecule has 0 fully saturated rings. The van der Waals surface area contributed by atoms with Gasteiger partial charge < -0.3 is 0 Å². The number of amides is 3. The molecule has 26 heavy (non-hydrogen) atoms. The molecule has 3 rings (SSSR count). The van der Waals surface area contributed by atoms with Crippen molar-refractivity contribution in [3.63, 3.8) is 0 Å². The molecule has 0 aliphatic carbocycles. The number of hydrogen-bond donors (Lipinski definition) is 1. The van der Waals surface area contributed by atoms with Crippen molar-refractivity contribution in [1.29, 1.82) is 0 Å². The van der Waals surface area contributed by atoms with Crippen LogP contribution in [-0.4, -0.2) is 49.3 Å². The second-order valence-corrected chi connectivity index (χ2v) is 8.45. The number of nitrogens with zero attached hydrogens (tertiary/aromatic N) is 2. The Morgan fingerprint density at radius 2 is 2.00 bits per heavy atom. The average Bonchev–Trinajstić information content (AvgIpc) is 3.06. The Morgan fingerprint density at radius 1 is 1.27 bits per heavy atom. The molecular weight excluding hydrogens is 374 g/mol. The number of nitrogens with one attached hydrogen (secondary N) is 1. The van der Waals surface area contributed by atoms with E-state index < -0.39 is 21.3 Å². The summed E-state index contributed by atoms with van der Waals surface area (Å²) >= 11 is 1.28. The standard InChI is InChI=1S/C17H17N3O4S2/c1-12-2-4-13(5-3-12)7-11-26(23,24)18-8-9-20-16(21)15-14(6-10-25-15)19-17(20)22/h2-7,10-11,15,18H,8-9H2,1H3/b11-7+. The van der Waals surface area contributed by atoms with Gasteiger partial charge in [-0.3, -0.25) is 9.69 Å². The van der Waals surface area contributed by atoms with Gasteiger partial charge >= 0.3 is 6.03 Å². The molecule has 0 saturated carbocycles. The highest BCUT2D eigenvalue weighted by molar-refractivity contribution is 8.04. The van der Waals surface area contributed by atoms with Gasteiger partial charge in [0.25, 0.3) is 0 Å². The van der Waals surface area contributed by atoms with Crippen molar-refractivity contribution in [3.05, 3.63) is 52.3 Å². The van der Waals surface area contributed by atoms with Gasteiger partial charge in [-0.2, -0.15) is 4.99 Å². The molecule has 0 aromatic heterocycles. The highest BCUT2D eigenvalue weighted by Gasteiger charge is 2.38. The lowest BCUT2D eigenvalue weighted by Gasteiger charge is -2.25. The van der Waals surface area contributed by atoms with Gasteiger partial charge in [-0.05, 0) is 30.0 Å². The molecule has 0 bridgehead atoms. The van der Waals surface area contributed by atoms with Gasteiger partial charge in [-0.25, -0.2) is 17.9 Å². The number of carbonyl (C=O) groups excluding carboxylic acids is 2. The molecule has 0 spiro atoms. The van der Waals surface area contributed by atoms with E-state index in [1.807, 2.05) is 31.2 Å². The van der Waals surface area contributed by atoms with Crippen molar-refractivity contribution in [2.24, 2.45) is 4.99 Å². The predicted molar refractivity (Wildman–Crippen MR) is 102 cm³/mol. The van der Waals surface area contributed by atoms with E-state index in [-0.39, 0.29) is 19.0 Å². The minimum absolute atomic E-state index is 0.0664. The Morgan fingerprint density at radius 3 is 2.73 bits per heavy atom. The summed E-state index contributed by atoms with van der Waals surface area (Å²) in [6.07, 6.45) is 3.12. The van der Waals surface area contributed by atoms with E-state index in [0.29, 0.717) is 5.71 Å². The van der Waals surface area contributed by atoms with E-state index in [1.54, 1.807) is 11.5 Å². The van der Waals surface area contributed by atoms with Gasteiger partial charge in [0.1, 0.15) is 5.25 Å². The third kappa shape index (κ3) is 4.29. The van der Waals surface area contributed by atoms with Gasteiger partial charge in [-0.15, -0.1) is 11.8 Å². The fourth-order valence-electron chi connectivity index (χ4n) is 2.43. The zero-order valence-corrected chi connectivity index (χ0v) is 15.6. The molecule has 0 saturated heterocycles. The Labute approximate surface area is 155 Å². The Kier molecular flexibility index (Phi) is 5.40. The lowest BCUT2D eigenvalue weighted by Crippen LogP contribution is -2.49. The molecular formula is C17H17N3O4S2. The number of rotatable bonds is 6. The number of aryl methyl sites for hydroxylation is 1. The van der Waals surface area contributed by atoms with Crippen LogP contribution in [0.2, 0.25) is 0 Å². The van der Waals surface area contributed by atoms with Crippen LogP contribution in [0.25, 0.3) is 6.08 Å². The maximum atomic E-state index is 12.3. The lowest BCUT2D eigenvalue weighted by atomic mass is 10.2. The van der Waals surface area contributed by atoms with Crippen molar-refractivity contribution in [1.82, 2.24) is 9.62 Å². The Hall–Kier alpha value is -2.23. The number of fused-ring (bicyclic) bond motifs is 1. The quantitative estimate of drug-likeness (QED) is 0.799. The number of allylic oxidation sites excluding steroid dienone is 1. The van der Waals surface area contributed by atoms with E-state index in [0.717, 1.165) is 21.4 Å². The van der Waals surface area contributed by atoms with Crippen LogP contribution in [0.15, 0.2) is 46.1 Å². The van der Waals surface area contributed by atoms with Crippen LogP contribution in [0.5, 0.6) is 0 Å². The molecule has 2 heterocycles. The number of carbonyl (C=O) groups is 2. The molecule has 136 valence electrons. The molecule has 2 aliphatic heterocycles. The summed E-state index contributed by atoms with van der Waals surface area (Å²) in [5.74, 6) is -0.371. The van der Waals surface area contributed by atoms with Gasteiger partial charge in [0, 0.05) is 18.5 Å². The average molecular weight is 391 g/mol. The zero-order valence-electron chi connectivity index (χ0n) is 14.0. The summed E-state index contributed by atoms with van der Waals surface area (Å²) in [5, 5.41) is 2.27. The third-order valence-electron chi connectivity index (χ3n) is 3.82. The number of imide groups is 1. The minimum Gasteiger partial charge on any atom is -0.273 e. The van der Waals surface area contributed by atoms with Crippen LogP contribution >= 0.6 is 11.8 Å². The second kappa shape index (κ2) is 7.56. The SMILES string of the molecule is Cc1ccc(/C=C/S(=O)(=O)NCCN2C(=O)N=C3C=CSC3C2=O)cc1. The smallest absolute Gasteiger partial charge is 0.273 e. The molecule has 1 aromatic rings. The van der Waals surface area contributed by atoms with Crippen LogP contribution in [0, 0.1) is 6.92 Å². The number of benzene rings is 1. The first-order chi connectivity index (χ1) is 12.4. The molecule has 1 unspecified atom stereocenters. The third-order valence-corrected chi connectivity index (χ3v) is 5.93. The Balaban J connectivity index is 1.56. The predicted octanol–water partition coefficient (Wildman–Crippen LogP) is 1.92. The van der Waals surface area contributed by atoms with Gasteiger partial charge in [0.2, 0.25) is 15.9 Å². The van der Waals surface area contributed by atoms with Crippen molar-refractivity contribution >= 4 is 45.5 Å². The van der Waals surface area contributed by atoms with E-state index in [2.05, 4.69) is 9.71 Å². The van der Waals surface area contributed by atoms with Crippen molar-refractivity contribution < 1.29 is 18.0 Å². The van der Waals surface area contributed by atoms with Crippen LogP contribution < -0.4 is 4.72 Å².